The van der Waals surface area contributed by atoms with Gasteiger partial charge in [0.05, 0.1) is 22.7 Å². The third-order valence-electron chi connectivity index (χ3n) is 4.77. The minimum absolute atomic E-state index is 0.183. The minimum atomic E-state index is -0.448. The van der Waals surface area contributed by atoms with E-state index in [1.807, 2.05) is 48.7 Å². The fourth-order valence-electron chi connectivity index (χ4n) is 3.20. The van der Waals surface area contributed by atoms with Crippen molar-refractivity contribution in [3.05, 3.63) is 76.5 Å². The van der Waals surface area contributed by atoms with Gasteiger partial charge in [0.15, 0.2) is 6.61 Å². The van der Waals surface area contributed by atoms with E-state index in [1.54, 1.807) is 31.2 Å². The zero-order chi connectivity index (χ0) is 22.5. The SMILES string of the molecule is CCOC(=O)COc1cc(-c2ccc(C)cc2)nc2ccc(NC(=O)c3cccs3)cc12. The van der Waals surface area contributed by atoms with Gasteiger partial charge in [-0.25, -0.2) is 9.78 Å². The lowest BCUT2D eigenvalue weighted by atomic mass is 10.1. The number of rotatable bonds is 7. The van der Waals surface area contributed by atoms with Crippen LogP contribution in [0.2, 0.25) is 0 Å². The van der Waals surface area contributed by atoms with Gasteiger partial charge in [0.25, 0.3) is 5.91 Å². The Hall–Kier alpha value is -3.71. The first-order valence-corrected chi connectivity index (χ1v) is 11.1. The lowest BCUT2D eigenvalue weighted by Gasteiger charge is -2.13. The topological polar surface area (TPSA) is 77.5 Å². The third-order valence-corrected chi connectivity index (χ3v) is 5.64. The average Bonchev–Trinajstić information content (AvgIpc) is 3.33. The van der Waals surface area contributed by atoms with Crippen molar-refractivity contribution < 1.29 is 19.1 Å². The molecule has 0 atom stereocenters. The molecule has 1 amide bonds. The normalized spacial score (nSPS) is 10.7. The molecule has 0 radical (unpaired) electrons. The van der Waals surface area contributed by atoms with Gasteiger partial charge in [-0.05, 0) is 43.5 Å². The molecule has 0 saturated carbocycles. The highest BCUT2D eigenvalue weighted by Gasteiger charge is 2.13. The van der Waals surface area contributed by atoms with E-state index in [0.29, 0.717) is 27.2 Å². The number of aryl methyl sites for hydroxylation is 1. The number of ether oxygens (including phenoxy) is 2. The first-order valence-electron chi connectivity index (χ1n) is 10.2. The largest absolute Gasteiger partial charge is 0.481 e. The maximum absolute atomic E-state index is 12.4. The van der Waals surface area contributed by atoms with E-state index >= 15 is 0 Å². The molecule has 32 heavy (non-hydrogen) atoms. The fourth-order valence-corrected chi connectivity index (χ4v) is 3.82. The first kappa shape index (κ1) is 21.5. The van der Waals surface area contributed by atoms with E-state index in [2.05, 4.69) is 5.32 Å². The van der Waals surface area contributed by atoms with E-state index in [9.17, 15) is 9.59 Å². The maximum Gasteiger partial charge on any atom is 0.344 e. The van der Waals surface area contributed by atoms with Gasteiger partial charge in [-0.3, -0.25) is 4.79 Å². The van der Waals surface area contributed by atoms with Gasteiger partial charge in [-0.2, -0.15) is 0 Å². The Balaban J connectivity index is 1.71. The van der Waals surface area contributed by atoms with Crippen molar-refractivity contribution in [2.75, 3.05) is 18.5 Å². The van der Waals surface area contributed by atoms with Gasteiger partial charge in [0, 0.05) is 22.7 Å². The highest BCUT2D eigenvalue weighted by molar-refractivity contribution is 7.12. The molecule has 0 aliphatic carbocycles. The van der Waals surface area contributed by atoms with E-state index in [4.69, 9.17) is 14.5 Å². The number of hydrogen-bond acceptors (Lipinski definition) is 6. The van der Waals surface area contributed by atoms with Gasteiger partial charge in [-0.1, -0.05) is 35.9 Å². The second-order valence-electron chi connectivity index (χ2n) is 7.13. The second kappa shape index (κ2) is 9.62. The van der Waals surface area contributed by atoms with Crippen LogP contribution in [0.1, 0.15) is 22.2 Å². The Kier molecular flexibility index (Phi) is 6.47. The molecule has 2 aromatic carbocycles. The Bertz CT molecular complexity index is 1250. The van der Waals surface area contributed by atoms with Crippen molar-refractivity contribution in [1.29, 1.82) is 0 Å². The smallest absolute Gasteiger partial charge is 0.344 e. The summed E-state index contributed by atoms with van der Waals surface area (Å²) in [5, 5.41) is 5.44. The van der Waals surface area contributed by atoms with Crippen LogP contribution in [0, 0.1) is 6.92 Å². The van der Waals surface area contributed by atoms with Gasteiger partial charge < -0.3 is 14.8 Å². The van der Waals surface area contributed by atoms with Crippen LogP contribution in [0.4, 0.5) is 5.69 Å². The van der Waals surface area contributed by atoms with Crippen molar-refractivity contribution >= 4 is 39.8 Å². The summed E-state index contributed by atoms with van der Waals surface area (Å²) in [6.45, 7) is 3.84. The third kappa shape index (κ3) is 4.95. The van der Waals surface area contributed by atoms with Crippen molar-refractivity contribution in [3.63, 3.8) is 0 Å². The van der Waals surface area contributed by atoms with Crippen LogP contribution >= 0.6 is 11.3 Å². The molecule has 0 spiro atoms. The highest BCUT2D eigenvalue weighted by atomic mass is 32.1. The van der Waals surface area contributed by atoms with Crippen molar-refractivity contribution in [2.24, 2.45) is 0 Å². The maximum atomic E-state index is 12.4. The standard InChI is InChI=1S/C25H22N2O4S/c1-3-30-24(28)15-31-22-14-21(17-8-6-16(2)7-9-17)27-20-11-10-18(13-19(20)22)26-25(29)23-5-4-12-32-23/h4-14H,3,15H2,1-2H3,(H,26,29). The summed E-state index contributed by atoms with van der Waals surface area (Å²) in [5.74, 6) is -0.139. The summed E-state index contributed by atoms with van der Waals surface area (Å²) in [7, 11) is 0. The van der Waals surface area contributed by atoms with Crippen molar-refractivity contribution in [3.8, 4) is 17.0 Å². The quantitative estimate of drug-likeness (QED) is 0.381. The summed E-state index contributed by atoms with van der Waals surface area (Å²) < 4.78 is 10.8. The van der Waals surface area contributed by atoms with Crippen LogP contribution < -0.4 is 10.1 Å². The van der Waals surface area contributed by atoms with Crippen molar-refractivity contribution in [2.45, 2.75) is 13.8 Å². The highest BCUT2D eigenvalue weighted by Crippen LogP contribution is 2.32. The summed E-state index contributed by atoms with van der Waals surface area (Å²) in [6, 6.07) is 18.9. The Morgan fingerprint density at radius 1 is 1.06 bits per heavy atom. The minimum Gasteiger partial charge on any atom is -0.481 e. The summed E-state index contributed by atoms with van der Waals surface area (Å²) >= 11 is 1.37. The molecule has 1 N–H and O–H groups in total. The lowest BCUT2D eigenvalue weighted by molar-refractivity contribution is -0.145. The molecule has 4 rings (SSSR count). The zero-order valence-electron chi connectivity index (χ0n) is 17.8. The molecule has 0 fully saturated rings. The van der Waals surface area contributed by atoms with E-state index in [1.165, 1.54) is 11.3 Å². The van der Waals surface area contributed by atoms with Crippen LogP contribution in [0.25, 0.3) is 22.2 Å². The average molecular weight is 447 g/mol. The molecule has 6 nitrogen and oxygen atoms in total. The molecular weight excluding hydrogens is 424 g/mol. The number of nitrogens with zero attached hydrogens (tertiary/aromatic N) is 1. The summed E-state index contributed by atoms with van der Waals surface area (Å²) in [6.07, 6.45) is 0. The van der Waals surface area contributed by atoms with Crippen LogP contribution in [0.5, 0.6) is 5.75 Å². The number of amides is 1. The molecule has 162 valence electrons. The van der Waals surface area contributed by atoms with Crippen LogP contribution in [-0.2, 0) is 9.53 Å². The number of anilines is 1. The monoisotopic (exact) mass is 446 g/mol. The summed E-state index contributed by atoms with van der Waals surface area (Å²) in [4.78, 5) is 29.7. The number of nitrogens with one attached hydrogen (secondary N) is 1. The van der Waals surface area contributed by atoms with Crippen molar-refractivity contribution in [1.82, 2.24) is 4.98 Å². The summed E-state index contributed by atoms with van der Waals surface area (Å²) in [5.41, 5.74) is 4.12. The number of carbonyl (C=O) groups is 2. The molecule has 2 aromatic heterocycles. The molecule has 0 aliphatic heterocycles. The molecule has 7 heteroatoms. The molecule has 0 aliphatic rings. The molecule has 4 aromatic rings. The van der Waals surface area contributed by atoms with Crippen LogP contribution in [0.3, 0.4) is 0 Å². The Morgan fingerprint density at radius 3 is 2.59 bits per heavy atom. The zero-order valence-corrected chi connectivity index (χ0v) is 18.6. The number of aromatic nitrogens is 1. The number of carbonyl (C=O) groups excluding carboxylic acids is 2. The number of benzene rings is 2. The van der Waals surface area contributed by atoms with Gasteiger partial charge in [-0.15, -0.1) is 11.3 Å². The number of hydrogen-bond donors (Lipinski definition) is 1. The van der Waals surface area contributed by atoms with Crippen LogP contribution in [-0.4, -0.2) is 30.1 Å². The number of esters is 1. The van der Waals surface area contributed by atoms with Gasteiger partial charge in [0.1, 0.15) is 5.75 Å². The van der Waals surface area contributed by atoms with Crippen LogP contribution in [0.15, 0.2) is 66.0 Å². The predicted octanol–water partition coefficient (Wildman–Crippen LogP) is 5.47. The van der Waals surface area contributed by atoms with E-state index in [-0.39, 0.29) is 19.1 Å². The molecule has 0 bridgehead atoms. The molecule has 2 heterocycles. The van der Waals surface area contributed by atoms with E-state index < -0.39 is 5.97 Å². The Labute approximate surface area is 189 Å². The van der Waals surface area contributed by atoms with E-state index in [0.717, 1.165) is 16.8 Å². The first-order chi connectivity index (χ1) is 15.5. The van der Waals surface area contributed by atoms with Gasteiger partial charge in [0.2, 0.25) is 0 Å². The lowest BCUT2D eigenvalue weighted by Crippen LogP contribution is -2.15. The molecule has 0 saturated heterocycles. The molecule has 0 unspecified atom stereocenters. The van der Waals surface area contributed by atoms with Gasteiger partial charge >= 0.3 is 5.97 Å². The second-order valence-corrected chi connectivity index (χ2v) is 8.08. The molecular formula is C25H22N2O4S. The fraction of sp³-hybridized carbons (Fsp3) is 0.160. The number of fused-ring (bicyclic) bond motifs is 1. The predicted molar refractivity (Wildman–Crippen MR) is 126 cm³/mol. The number of pyridine rings is 1. The number of thiophene rings is 1. The Morgan fingerprint density at radius 2 is 1.88 bits per heavy atom.